The van der Waals surface area contributed by atoms with Crippen LogP contribution in [0.15, 0.2) is 12.3 Å². The Morgan fingerprint density at radius 1 is 1.33 bits per heavy atom. The van der Waals surface area contributed by atoms with Crippen LogP contribution in [0.1, 0.15) is 43.8 Å². The van der Waals surface area contributed by atoms with E-state index in [9.17, 15) is 0 Å². The number of aromatic nitrogens is 4. The Labute approximate surface area is 130 Å². The Morgan fingerprint density at radius 2 is 2.14 bits per heavy atom. The van der Waals surface area contributed by atoms with E-state index in [0.717, 1.165) is 35.9 Å². The molecule has 21 heavy (non-hydrogen) atoms. The third-order valence-corrected chi connectivity index (χ3v) is 4.38. The van der Waals surface area contributed by atoms with Gasteiger partial charge in [0.1, 0.15) is 0 Å². The van der Waals surface area contributed by atoms with Crippen molar-refractivity contribution in [3.63, 3.8) is 0 Å². The maximum Gasteiger partial charge on any atom is 0.0869 e. The van der Waals surface area contributed by atoms with E-state index in [1.165, 1.54) is 18.5 Å². The molecule has 0 saturated heterocycles. The van der Waals surface area contributed by atoms with Gasteiger partial charge in [-0.25, -0.2) is 0 Å². The molecule has 5 nitrogen and oxygen atoms in total. The summed E-state index contributed by atoms with van der Waals surface area (Å²) in [7, 11) is 0. The van der Waals surface area contributed by atoms with Crippen LogP contribution >= 0.6 is 11.6 Å². The number of hydrogen-bond acceptors (Lipinski definition) is 3. The van der Waals surface area contributed by atoms with Crippen molar-refractivity contribution in [2.45, 2.75) is 58.8 Å². The van der Waals surface area contributed by atoms with Gasteiger partial charge < -0.3 is 5.32 Å². The SMILES string of the molecule is CCc1nn(CC)c(Cn2nccc2CNC2CC2)c1Cl. The molecule has 2 aromatic rings. The third-order valence-electron chi connectivity index (χ3n) is 3.95. The average Bonchev–Trinajstić information content (AvgIpc) is 3.14. The molecule has 2 aromatic heterocycles. The van der Waals surface area contributed by atoms with Gasteiger partial charge in [0.2, 0.25) is 0 Å². The molecule has 0 bridgehead atoms. The summed E-state index contributed by atoms with van der Waals surface area (Å²) in [5, 5.41) is 13.3. The smallest absolute Gasteiger partial charge is 0.0869 e. The fraction of sp³-hybridized carbons (Fsp3) is 0.600. The van der Waals surface area contributed by atoms with Crippen molar-refractivity contribution < 1.29 is 0 Å². The maximum absolute atomic E-state index is 6.48. The summed E-state index contributed by atoms with van der Waals surface area (Å²) in [6.07, 6.45) is 5.30. The Kier molecular flexibility index (Phi) is 4.31. The van der Waals surface area contributed by atoms with Gasteiger partial charge in [-0.1, -0.05) is 18.5 Å². The summed E-state index contributed by atoms with van der Waals surface area (Å²) in [5.74, 6) is 0. The predicted molar refractivity (Wildman–Crippen MR) is 83.5 cm³/mol. The Balaban J connectivity index is 1.79. The fourth-order valence-electron chi connectivity index (χ4n) is 2.50. The van der Waals surface area contributed by atoms with Crippen LogP contribution in [-0.4, -0.2) is 25.6 Å². The highest BCUT2D eigenvalue weighted by molar-refractivity contribution is 6.31. The summed E-state index contributed by atoms with van der Waals surface area (Å²) in [4.78, 5) is 0. The van der Waals surface area contributed by atoms with Crippen LogP contribution in [0.2, 0.25) is 5.02 Å². The van der Waals surface area contributed by atoms with E-state index >= 15 is 0 Å². The molecule has 0 spiro atoms. The highest BCUT2D eigenvalue weighted by atomic mass is 35.5. The molecule has 6 heteroatoms. The fourth-order valence-corrected chi connectivity index (χ4v) is 2.83. The third kappa shape index (κ3) is 3.14. The monoisotopic (exact) mass is 307 g/mol. The summed E-state index contributed by atoms with van der Waals surface area (Å²) in [5.41, 5.74) is 3.21. The van der Waals surface area contributed by atoms with Crippen LogP contribution in [0.25, 0.3) is 0 Å². The van der Waals surface area contributed by atoms with Gasteiger partial charge >= 0.3 is 0 Å². The second kappa shape index (κ2) is 6.20. The number of nitrogens with zero attached hydrogens (tertiary/aromatic N) is 4. The highest BCUT2D eigenvalue weighted by Crippen LogP contribution is 2.23. The molecule has 0 aliphatic heterocycles. The molecule has 114 valence electrons. The molecule has 3 rings (SSSR count). The largest absolute Gasteiger partial charge is 0.308 e. The molecule has 0 amide bonds. The van der Waals surface area contributed by atoms with Crippen LogP contribution in [0.5, 0.6) is 0 Å². The van der Waals surface area contributed by atoms with Crippen LogP contribution in [0, 0.1) is 0 Å². The van der Waals surface area contributed by atoms with Gasteiger partial charge in [-0.05, 0) is 32.3 Å². The molecule has 0 unspecified atom stereocenters. The number of rotatable bonds is 7. The first kappa shape index (κ1) is 14.6. The Morgan fingerprint density at radius 3 is 2.81 bits per heavy atom. The van der Waals surface area contributed by atoms with Gasteiger partial charge in [-0.3, -0.25) is 9.36 Å². The number of nitrogens with one attached hydrogen (secondary N) is 1. The summed E-state index contributed by atoms with van der Waals surface area (Å²) < 4.78 is 4.00. The first-order valence-electron chi connectivity index (χ1n) is 7.71. The maximum atomic E-state index is 6.48. The lowest BCUT2D eigenvalue weighted by molar-refractivity contribution is 0.547. The molecule has 1 saturated carbocycles. The molecule has 2 heterocycles. The molecular formula is C15H22ClN5. The van der Waals surface area contributed by atoms with E-state index < -0.39 is 0 Å². The van der Waals surface area contributed by atoms with Crippen molar-refractivity contribution in [3.05, 3.63) is 34.4 Å². The molecule has 0 atom stereocenters. The summed E-state index contributed by atoms with van der Waals surface area (Å²) >= 11 is 6.48. The highest BCUT2D eigenvalue weighted by Gasteiger charge is 2.21. The average molecular weight is 308 g/mol. The lowest BCUT2D eigenvalue weighted by Crippen LogP contribution is -2.19. The quantitative estimate of drug-likeness (QED) is 0.855. The van der Waals surface area contributed by atoms with Gasteiger partial charge in [0.05, 0.1) is 28.6 Å². The summed E-state index contributed by atoms with van der Waals surface area (Å²) in [6, 6.07) is 2.77. The minimum atomic E-state index is 0.675. The second-order valence-corrected chi connectivity index (χ2v) is 5.89. The first-order valence-corrected chi connectivity index (χ1v) is 8.08. The van der Waals surface area contributed by atoms with Gasteiger partial charge in [-0.15, -0.1) is 0 Å². The molecular weight excluding hydrogens is 286 g/mol. The zero-order valence-electron chi connectivity index (χ0n) is 12.6. The van der Waals surface area contributed by atoms with E-state index in [1.54, 1.807) is 0 Å². The van der Waals surface area contributed by atoms with E-state index in [-0.39, 0.29) is 0 Å². The molecule has 1 aliphatic carbocycles. The zero-order chi connectivity index (χ0) is 14.8. The number of hydrogen-bond donors (Lipinski definition) is 1. The van der Waals surface area contributed by atoms with E-state index in [2.05, 4.69) is 35.4 Å². The minimum absolute atomic E-state index is 0.675. The Hall–Kier alpha value is -1.33. The van der Waals surface area contributed by atoms with Gasteiger partial charge in [-0.2, -0.15) is 10.2 Å². The van der Waals surface area contributed by atoms with Crippen LogP contribution in [0.4, 0.5) is 0 Å². The van der Waals surface area contributed by atoms with Crippen molar-refractivity contribution in [1.29, 1.82) is 0 Å². The standard InChI is InChI=1S/C15H22ClN5/c1-3-13-15(16)14(20(4-2)19-13)10-21-12(7-8-18-21)9-17-11-5-6-11/h7-8,11,17H,3-6,9-10H2,1-2H3. The normalized spacial score (nSPS) is 14.8. The molecule has 1 N–H and O–H groups in total. The summed E-state index contributed by atoms with van der Waals surface area (Å²) in [6.45, 7) is 6.53. The van der Waals surface area contributed by atoms with E-state index in [1.807, 2.05) is 15.6 Å². The van der Waals surface area contributed by atoms with Gasteiger partial charge in [0.15, 0.2) is 0 Å². The lowest BCUT2D eigenvalue weighted by Gasteiger charge is -2.10. The van der Waals surface area contributed by atoms with E-state index in [0.29, 0.717) is 12.6 Å². The van der Waals surface area contributed by atoms with Crippen molar-refractivity contribution in [2.75, 3.05) is 0 Å². The van der Waals surface area contributed by atoms with Crippen LogP contribution in [0.3, 0.4) is 0 Å². The number of aryl methyl sites for hydroxylation is 2. The topological polar surface area (TPSA) is 47.7 Å². The van der Waals surface area contributed by atoms with Gasteiger partial charge in [0.25, 0.3) is 0 Å². The van der Waals surface area contributed by atoms with Crippen molar-refractivity contribution in [3.8, 4) is 0 Å². The van der Waals surface area contributed by atoms with Crippen LogP contribution < -0.4 is 5.32 Å². The van der Waals surface area contributed by atoms with Crippen LogP contribution in [-0.2, 0) is 26.1 Å². The van der Waals surface area contributed by atoms with Crippen molar-refractivity contribution in [1.82, 2.24) is 24.9 Å². The molecule has 0 radical (unpaired) electrons. The van der Waals surface area contributed by atoms with E-state index in [4.69, 9.17) is 11.6 Å². The second-order valence-electron chi connectivity index (χ2n) is 5.51. The van der Waals surface area contributed by atoms with Crippen molar-refractivity contribution in [2.24, 2.45) is 0 Å². The molecule has 1 aliphatic rings. The predicted octanol–water partition coefficient (Wildman–Crippen LogP) is 2.62. The molecule has 1 fully saturated rings. The van der Waals surface area contributed by atoms with Crippen molar-refractivity contribution >= 4 is 11.6 Å². The van der Waals surface area contributed by atoms with Gasteiger partial charge in [0, 0.05) is 25.3 Å². The first-order chi connectivity index (χ1) is 10.2. The number of halogens is 1. The molecule has 0 aromatic carbocycles. The lowest BCUT2D eigenvalue weighted by atomic mass is 10.3. The Bertz CT molecular complexity index is 612. The minimum Gasteiger partial charge on any atom is -0.308 e. The zero-order valence-corrected chi connectivity index (χ0v) is 13.4.